The van der Waals surface area contributed by atoms with E-state index in [4.69, 9.17) is 4.74 Å². The Morgan fingerprint density at radius 2 is 1.95 bits per heavy atom. The van der Waals surface area contributed by atoms with Gasteiger partial charge in [-0.05, 0) is 31.6 Å². The molecule has 3 N–H and O–H groups in total. The van der Waals surface area contributed by atoms with Crippen molar-refractivity contribution in [3.8, 4) is 0 Å². The van der Waals surface area contributed by atoms with E-state index in [1.165, 1.54) is 17.7 Å². The van der Waals surface area contributed by atoms with E-state index in [2.05, 4.69) is 17.6 Å². The van der Waals surface area contributed by atoms with Gasteiger partial charge in [-0.3, -0.25) is 0 Å². The Hall–Kier alpha value is -0.850. The number of rotatable bonds is 8. The number of aliphatic hydroxyl groups is 1. The third kappa shape index (κ3) is 8.24. The number of amides is 2. The highest BCUT2D eigenvalue weighted by atomic mass is 16.5. The molecule has 0 heterocycles. The highest BCUT2D eigenvalue weighted by Crippen LogP contribution is 2.25. The average molecular weight is 301 g/mol. The van der Waals surface area contributed by atoms with Gasteiger partial charge in [-0.25, -0.2) is 4.79 Å². The molecule has 0 bridgehead atoms. The minimum atomic E-state index is -0.492. The second kappa shape index (κ2) is 9.97. The van der Waals surface area contributed by atoms with Gasteiger partial charge in [0, 0.05) is 33.7 Å². The molecule has 1 atom stereocenters. The molecule has 1 saturated carbocycles. The number of hydrogen-bond acceptors (Lipinski definition) is 4. The third-order valence-electron chi connectivity index (χ3n) is 3.85. The van der Waals surface area contributed by atoms with Gasteiger partial charge in [0.05, 0.1) is 18.8 Å². The minimum absolute atomic E-state index is 0.104. The summed E-state index contributed by atoms with van der Waals surface area (Å²) in [7, 11) is 3.41. The molecule has 1 aliphatic carbocycles. The molecular formula is C15H31N3O3. The van der Waals surface area contributed by atoms with Gasteiger partial charge in [-0.2, -0.15) is 0 Å². The van der Waals surface area contributed by atoms with Gasteiger partial charge in [0.2, 0.25) is 0 Å². The van der Waals surface area contributed by atoms with Gasteiger partial charge in [0.1, 0.15) is 0 Å². The molecule has 0 spiro atoms. The van der Waals surface area contributed by atoms with Crippen molar-refractivity contribution in [1.29, 1.82) is 0 Å². The van der Waals surface area contributed by atoms with Crippen LogP contribution in [0.5, 0.6) is 0 Å². The second-order valence-corrected chi connectivity index (χ2v) is 6.20. The first-order valence-corrected chi connectivity index (χ1v) is 7.94. The lowest BCUT2D eigenvalue weighted by atomic mass is 9.89. The molecule has 1 aliphatic rings. The first-order chi connectivity index (χ1) is 9.99. The van der Waals surface area contributed by atoms with Crippen LogP contribution in [0.4, 0.5) is 4.79 Å². The quantitative estimate of drug-likeness (QED) is 0.580. The molecule has 0 aliphatic heterocycles. The van der Waals surface area contributed by atoms with Gasteiger partial charge in [0.15, 0.2) is 0 Å². The highest BCUT2D eigenvalue weighted by molar-refractivity contribution is 5.73. The molecule has 1 unspecified atom stereocenters. The molecule has 6 nitrogen and oxygen atoms in total. The zero-order valence-electron chi connectivity index (χ0n) is 13.6. The zero-order chi connectivity index (χ0) is 15.7. The van der Waals surface area contributed by atoms with E-state index in [9.17, 15) is 9.90 Å². The van der Waals surface area contributed by atoms with Crippen molar-refractivity contribution in [3.05, 3.63) is 0 Å². The first kappa shape index (κ1) is 18.2. The SMILES string of the molecule is CC1CCC(OCC(O)CNCCNC(=O)N(C)C)CC1. The van der Waals surface area contributed by atoms with Crippen LogP contribution in [0.3, 0.4) is 0 Å². The number of carbonyl (C=O) groups excluding carboxylic acids is 1. The van der Waals surface area contributed by atoms with Crippen LogP contribution in [0.2, 0.25) is 0 Å². The summed E-state index contributed by atoms with van der Waals surface area (Å²) in [5.74, 6) is 0.814. The second-order valence-electron chi connectivity index (χ2n) is 6.20. The van der Waals surface area contributed by atoms with Crippen molar-refractivity contribution in [2.75, 3.05) is 40.3 Å². The third-order valence-corrected chi connectivity index (χ3v) is 3.85. The number of hydrogen-bond donors (Lipinski definition) is 3. The average Bonchev–Trinajstić information content (AvgIpc) is 2.46. The first-order valence-electron chi connectivity index (χ1n) is 7.94. The molecule has 0 aromatic rings. The number of urea groups is 1. The maximum absolute atomic E-state index is 11.3. The summed E-state index contributed by atoms with van der Waals surface area (Å²) >= 11 is 0. The van der Waals surface area contributed by atoms with Crippen LogP contribution < -0.4 is 10.6 Å². The van der Waals surface area contributed by atoms with Crippen LogP contribution in [-0.4, -0.2) is 68.6 Å². The van der Waals surface area contributed by atoms with E-state index in [0.717, 1.165) is 18.8 Å². The summed E-state index contributed by atoms with van der Waals surface area (Å²) in [5, 5.41) is 15.7. The normalized spacial score (nSPS) is 23.6. The number of ether oxygens (including phenoxy) is 1. The fraction of sp³-hybridized carbons (Fsp3) is 0.933. The van der Waals surface area contributed by atoms with Gasteiger partial charge in [-0.1, -0.05) is 6.92 Å². The van der Waals surface area contributed by atoms with Gasteiger partial charge < -0.3 is 25.4 Å². The number of nitrogens with zero attached hydrogens (tertiary/aromatic N) is 1. The van der Waals surface area contributed by atoms with Crippen molar-refractivity contribution in [1.82, 2.24) is 15.5 Å². The standard InChI is InChI=1S/C15H31N3O3/c1-12-4-6-14(7-5-12)21-11-13(19)10-16-8-9-17-15(20)18(2)3/h12-14,16,19H,4-11H2,1-3H3,(H,17,20). The molecular weight excluding hydrogens is 270 g/mol. The number of nitrogens with one attached hydrogen (secondary N) is 2. The van der Waals surface area contributed by atoms with Gasteiger partial charge in [0.25, 0.3) is 0 Å². The van der Waals surface area contributed by atoms with E-state index in [1.807, 2.05) is 0 Å². The Kier molecular flexibility index (Phi) is 8.64. The minimum Gasteiger partial charge on any atom is -0.389 e. The molecule has 0 saturated heterocycles. The summed E-state index contributed by atoms with van der Waals surface area (Å²) in [6.07, 6.45) is 4.49. The zero-order valence-corrected chi connectivity index (χ0v) is 13.6. The molecule has 21 heavy (non-hydrogen) atoms. The van der Waals surface area contributed by atoms with E-state index in [-0.39, 0.29) is 6.03 Å². The highest BCUT2D eigenvalue weighted by Gasteiger charge is 2.19. The maximum Gasteiger partial charge on any atom is 0.316 e. The summed E-state index contributed by atoms with van der Waals surface area (Å²) in [6, 6.07) is -0.104. The van der Waals surface area contributed by atoms with Crippen molar-refractivity contribution >= 4 is 6.03 Å². The lowest BCUT2D eigenvalue weighted by Crippen LogP contribution is -2.40. The van der Waals surface area contributed by atoms with E-state index in [0.29, 0.717) is 32.3 Å². The Balaban J connectivity index is 1.96. The van der Waals surface area contributed by atoms with E-state index < -0.39 is 6.10 Å². The van der Waals surface area contributed by atoms with Crippen LogP contribution >= 0.6 is 0 Å². The molecule has 2 amide bonds. The van der Waals surface area contributed by atoms with Crippen molar-refractivity contribution in [2.24, 2.45) is 5.92 Å². The van der Waals surface area contributed by atoms with Gasteiger partial charge >= 0.3 is 6.03 Å². The summed E-state index contributed by atoms with van der Waals surface area (Å²) in [4.78, 5) is 12.8. The molecule has 1 fully saturated rings. The van der Waals surface area contributed by atoms with Crippen LogP contribution in [0.1, 0.15) is 32.6 Å². The van der Waals surface area contributed by atoms with E-state index >= 15 is 0 Å². The number of carbonyl (C=O) groups is 1. The Morgan fingerprint density at radius 1 is 1.29 bits per heavy atom. The summed E-state index contributed by atoms with van der Waals surface area (Å²) in [5.41, 5.74) is 0. The predicted octanol–water partition coefficient (Wildman–Crippen LogP) is 0.803. The molecule has 6 heteroatoms. The van der Waals surface area contributed by atoms with Crippen LogP contribution in [0.25, 0.3) is 0 Å². The Labute approximate surface area is 128 Å². The monoisotopic (exact) mass is 301 g/mol. The molecule has 0 radical (unpaired) electrons. The Morgan fingerprint density at radius 3 is 2.57 bits per heavy atom. The van der Waals surface area contributed by atoms with Crippen molar-refractivity contribution in [2.45, 2.75) is 44.8 Å². The number of aliphatic hydroxyl groups excluding tert-OH is 1. The van der Waals surface area contributed by atoms with Crippen LogP contribution in [0.15, 0.2) is 0 Å². The van der Waals surface area contributed by atoms with Crippen molar-refractivity contribution in [3.63, 3.8) is 0 Å². The molecule has 0 aromatic carbocycles. The largest absolute Gasteiger partial charge is 0.389 e. The Bertz CT molecular complexity index is 292. The van der Waals surface area contributed by atoms with E-state index in [1.54, 1.807) is 14.1 Å². The molecule has 0 aromatic heterocycles. The summed E-state index contributed by atoms with van der Waals surface area (Å²) in [6.45, 7) is 4.34. The fourth-order valence-corrected chi connectivity index (χ4v) is 2.39. The van der Waals surface area contributed by atoms with Crippen LogP contribution in [0, 0.1) is 5.92 Å². The van der Waals surface area contributed by atoms with Crippen molar-refractivity contribution < 1.29 is 14.6 Å². The molecule has 1 rings (SSSR count). The van der Waals surface area contributed by atoms with Gasteiger partial charge in [-0.15, -0.1) is 0 Å². The smallest absolute Gasteiger partial charge is 0.316 e. The predicted molar refractivity (Wildman–Crippen MR) is 83.3 cm³/mol. The molecule has 124 valence electrons. The maximum atomic E-state index is 11.3. The lowest BCUT2D eigenvalue weighted by molar-refractivity contribution is -0.0277. The van der Waals surface area contributed by atoms with Crippen LogP contribution in [-0.2, 0) is 4.74 Å². The topological polar surface area (TPSA) is 73.8 Å². The fourth-order valence-electron chi connectivity index (χ4n) is 2.39. The lowest BCUT2D eigenvalue weighted by Gasteiger charge is -2.27. The summed E-state index contributed by atoms with van der Waals surface area (Å²) < 4.78 is 5.75.